The molecule has 0 radical (unpaired) electrons. The van der Waals surface area contributed by atoms with E-state index < -0.39 is 0 Å². The van der Waals surface area contributed by atoms with Crippen LogP contribution >= 0.6 is 0 Å². The van der Waals surface area contributed by atoms with Gasteiger partial charge in [-0.15, -0.1) is 0 Å². The number of ketones is 1. The minimum atomic E-state index is 0.156. The van der Waals surface area contributed by atoms with E-state index >= 15 is 0 Å². The van der Waals surface area contributed by atoms with Crippen LogP contribution in [0.4, 0.5) is 5.69 Å². The van der Waals surface area contributed by atoms with Crippen LogP contribution in [0.5, 0.6) is 5.75 Å². The minimum absolute atomic E-state index is 0.156. The molecular formula is C22H26N2O2. The number of fused-ring (bicyclic) bond motifs is 3. The molecule has 4 rings (SSSR count). The van der Waals surface area contributed by atoms with Crippen molar-refractivity contribution in [3.8, 4) is 16.9 Å². The molecule has 0 amide bonds. The van der Waals surface area contributed by atoms with E-state index in [0.29, 0.717) is 12.5 Å². The summed E-state index contributed by atoms with van der Waals surface area (Å²) < 4.78 is 5.36. The van der Waals surface area contributed by atoms with Crippen molar-refractivity contribution in [2.24, 2.45) is 0 Å². The van der Waals surface area contributed by atoms with E-state index in [2.05, 4.69) is 28.4 Å². The summed E-state index contributed by atoms with van der Waals surface area (Å²) in [5.41, 5.74) is 5.67. The van der Waals surface area contributed by atoms with Gasteiger partial charge < -0.3 is 15.0 Å². The summed E-state index contributed by atoms with van der Waals surface area (Å²) in [6.07, 6.45) is 2.75. The standard InChI is InChI=1S/C22H26N2O2/c1-3-21(25)20-14-17(26-2)7-8-18(20)19-6-4-5-15-13-16-9-10-23-11-12-24(16)22(15)19/h4-8,14,16,23H,3,9-13H2,1-2H3. The van der Waals surface area contributed by atoms with Gasteiger partial charge in [0.1, 0.15) is 5.75 Å². The molecule has 1 fully saturated rings. The first kappa shape index (κ1) is 17.1. The van der Waals surface area contributed by atoms with Crippen LogP contribution in [-0.2, 0) is 6.42 Å². The third-order valence-electron chi connectivity index (χ3n) is 5.63. The van der Waals surface area contributed by atoms with Crippen molar-refractivity contribution in [3.05, 3.63) is 47.5 Å². The Morgan fingerprint density at radius 3 is 2.92 bits per heavy atom. The summed E-state index contributed by atoms with van der Waals surface area (Å²) in [4.78, 5) is 15.2. The molecule has 1 atom stereocenters. The van der Waals surface area contributed by atoms with E-state index in [-0.39, 0.29) is 5.78 Å². The van der Waals surface area contributed by atoms with Gasteiger partial charge in [0.25, 0.3) is 0 Å². The maximum Gasteiger partial charge on any atom is 0.163 e. The van der Waals surface area contributed by atoms with E-state index in [9.17, 15) is 4.79 Å². The normalized spacial score (nSPS) is 18.8. The van der Waals surface area contributed by atoms with Gasteiger partial charge in [0, 0.05) is 42.4 Å². The highest BCUT2D eigenvalue weighted by Crippen LogP contribution is 2.43. The zero-order valence-corrected chi connectivity index (χ0v) is 15.5. The maximum atomic E-state index is 12.6. The summed E-state index contributed by atoms with van der Waals surface area (Å²) in [6.45, 7) is 5.01. The predicted octanol–water partition coefficient (Wildman–Crippen LogP) is 3.68. The second-order valence-corrected chi connectivity index (χ2v) is 7.09. The molecule has 4 nitrogen and oxygen atoms in total. The van der Waals surface area contributed by atoms with Crippen LogP contribution in [0.1, 0.15) is 35.7 Å². The van der Waals surface area contributed by atoms with E-state index in [1.807, 2.05) is 25.1 Å². The first-order chi connectivity index (χ1) is 12.7. The molecule has 2 aliphatic heterocycles. The average molecular weight is 350 g/mol. The quantitative estimate of drug-likeness (QED) is 0.854. The molecular weight excluding hydrogens is 324 g/mol. The summed E-state index contributed by atoms with van der Waals surface area (Å²) in [7, 11) is 1.64. The number of hydrogen-bond acceptors (Lipinski definition) is 4. The van der Waals surface area contributed by atoms with Crippen molar-refractivity contribution in [3.63, 3.8) is 0 Å². The van der Waals surface area contributed by atoms with Gasteiger partial charge in [-0.2, -0.15) is 0 Å². The van der Waals surface area contributed by atoms with Gasteiger partial charge in [-0.3, -0.25) is 4.79 Å². The summed E-state index contributed by atoms with van der Waals surface area (Å²) in [5.74, 6) is 0.888. The second-order valence-electron chi connectivity index (χ2n) is 7.09. The lowest BCUT2D eigenvalue weighted by atomic mass is 9.93. The van der Waals surface area contributed by atoms with Gasteiger partial charge in [0.05, 0.1) is 7.11 Å². The van der Waals surface area contributed by atoms with Crippen molar-refractivity contribution < 1.29 is 9.53 Å². The number of para-hydroxylation sites is 1. The molecule has 4 heteroatoms. The smallest absolute Gasteiger partial charge is 0.163 e. The van der Waals surface area contributed by atoms with Crippen LogP contribution < -0.4 is 15.0 Å². The Hall–Kier alpha value is -2.33. The Labute approximate surface area is 155 Å². The molecule has 0 aromatic heterocycles. The van der Waals surface area contributed by atoms with E-state index in [0.717, 1.165) is 49.4 Å². The van der Waals surface area contributed by atoms with Crippen molar-refractivity contribution in [2.45, 2.75) is 32.2 Å². The number of hydrogen-bond donors (Lipinski definition) is 1. The minimum Gasteiger partial charge on any atom is -0.497 e. The number of benzene rings is 2. The lowest BCUT2D eigenvalue weighted by molar-refractivity contribution is 0.0988. The third kappa shape index (κ3) is 2.88. The van der Waals surface area contributed by atoms with E-state index in [1.165, 1.54) is 16.8 Å². The lowest BCUT2D eigenvalue weighted by Gasteiger charge is -2.27. The van der Waals surface area contributed by atoms with Gasteiger partial charge >= 0.3 is 0 Å². The Bertz CT molecular complexity index is 831. The SMILES string of the molecule is CCC(=O)c1cc(OC)ccc1-c1cccc2c1N1CCNCCC1C2. The summed E-state index contributed by atoms with van der Waals surface area (Å²) in [5, 5.41) is 3.51. The molecule has 0 bridgehead atoms. The van der Waals surface area contributed by atoms with Crippen molar-refractivity contribution >= 4 is 11.5 Å². The molecule has 2 aromatic carbocycles. The number of rotatable bonds is 4. The highest BCUT2D eigenvalue weighted by molar-refractivity contribution is 6.04. The Balaban J connectivity index is 1.86. The number of nitrogens with one attached hydrogen (secondary N) is 1. The Kier molecular flexibility index (Phi) is 4.68. The van der Waals surface area contributed by atoms with Crippen molar-refractivity contribution in [1.29, 1.82) is 0 Å². The molecule has 2 aromatic rings. The zero-order valence-electron chi connectivity index (χ0n) is 15.5. The number of anilines is 1. The first-order valence-electron chi connectivity index (χ1n) is 9.53. The van der Waals surface area contributed by atoms with Crippen molar-refractivity contribution in [2.75, 3.05) is 31.6 Å². The van der Waals surface area contributed by atoms with Crippen molar-refractivity contribution in [1.82, 2.24) is 5.32 Å². The van der Waals surface area contributed by atoms with Crippen LogP contribution in [-0.4, -0.2) is 38.6 Å². The second kappa shape index (κ2) is 7.12. The number of nitrogens with zero attached hydrogens (tertiary/aromatic N) is 1. The van der Waals surface area contributed by atoms with Crippen LogP contribution in [0, 0.1) is 0 Å². The van der Waals surface area contributed by atoms with Gasteiger partial charge in [0.15, 0.2) is 5.78 Å². The molecule has 1 N–H and O–H groups in total. The molecule has 2 aliphatic rings. The average Bonchev–Trinajstić information content (AvgIpc) is 2.88. The number of carbonyl (C=O) groups excluding carboxylic acids is 1. The van der Waals surface area contributed by atoms with Crippen LogP contribution in [0.15, 0.2) is 36.4 Å². The first-order valence-corrected chi connectivity index (χ1v) is 9.53. The molecule has 136 valence electrons. The predicted molar refractivity (Wildman–Crippen MR) is 105 cm³/mol. The van der Waals surface area contributed by atoms with Gasteiger partial charge in [-0.05, 0) is 48.7 Å². The highest BCUT2D eigenvalue weighted by Gasteiger charge is 2.32. The summed E-state index contributed by atoms with van der Waals surface area (Å²) in [6, 6.07) is 13.0. The maximum absolute atomic E-state index is 12.6. The van der Waals surface area contributed by atoms with E-state index in [1.54, 1.807) is 7.11 Å². The fourth-order valence-corrected chi connectivity index (χ4v) is 4.31. The number of ether oxygens (including phenoxy) is 1. The van der Waals surface area contributed by atoms with Crippen LogP contribution in [0.25, 0.3) is 11.1 Å². The molecule has 2 heterocycles. The topological polar surface area (TPSA) is 41.6 Å². The fraction of sp³-hybridized carbons (Fsp3) is 0.409. The third-order valence-corrected chi connectivity index (χ3v) is 5.63. The zero-order chi connectivity index (χ0) is 18.1. The lowest BCUT2D eigenvalue weighted by Crippen LogP contribution is -2.33. The number of carbonyl (C=O) groups is 1. The highest BCUT2D eigenvalue weighted by atomic mass is 16.5. The number of methoxy groups -OCH3 is 1. The van der Waals surface area contributed by atoms with Gasteiger partial charge in [0.2, 0.25) is 0 Å². The Morgan fingerprint density at radius 1 is 1.23 bits per heavy atom. The van der Waals surface area contributed by atoms with Gasteiger partial charge in [-0.25, -0.2) is 0 Å². The fourth-order valence-electron chi connectivity index (χ4n) is 4.31. The molecule has 0 aliphatic carbocycles. The summed E-state index contributed by atoms with van der Waals surface area (Å²) >= 11 is 0. The molecule has 0 saturated carbocycles. The van der Waals surface area contributed by atoms with E-state index in [4.69, 9.17) is 4.74 Å². The van der Waals surface area contributed by atoms with Gasteiger partial charge in [-0.1, -0.05) is 25.1 Å². The Morgan fingerprint density at radius 2 is 2.12 bits per heavy atom. The molecule has 26 heavy (non-hydrogen) atoms. The molecule has 1 saturated heterocycles. The molecule has 0 spiro atoms. The number of Topliss-reactive ketones (excluding diaryl/α,β-unsaturated/α-hetero) is 1. The monoisotopic (exact) mass is 350 g/mol. The molecule has 1 unspecified atom stereocenters. The largest absolute Gasteiger partial charge is 0.497 e. The van der Waals surface area contributed by atoms with Crippen LogP contribution in [0.2, 0.25) is 0 Å². The van der Waals surface area contributed by atoms with Crippen LogP contribution in [0.3, 0.4) is 0 Å².